The molecule has 0 fully saturated rings. The molecule has 1 atom stereocenters. The van der Waals surface area contributed by atoms with Crippen LogP contribution in [0.25, 0.3) is 0 Å². The van der Waals surface area contributed by atoms with Crippen LogP contribution in [0.2, 0.25) is 0 Å². The van der Waals surface area contributed by atoms with E-state index in [1.807, 2.05) is 6.92 Å². The van der Waals surface area contributed by atoms with Gasteiger partial charge in [-0.25, -0.2) is 8.78 Å². The van der Waals surface area contributed by atoms with Gasteiger partial charge in [0.2, 0.25) is 0 Å². The van der Waals surface area contributed by atoms with Crippen molar-refractivity contribution in [2.75, 3.05) is 0 Å². The Kier molecular flexibility index (Phi) is 4.21. The molecule has 0 amide bonds. The number of benzene rings is 1. The van der Waals surface area contributed by atoms with E-state index in [2.05, 4.69) is 31.9 Å². The van der Waals surface area contributed by atoms with Crippen LogP contribution >= 0.6 is 43.2 Å². The maximum absolute atomic E-state index is 13.7. The van der Waals surface area contributed by atoms with Gasteiger partial charge in [-0.05, 0) is 46.6 Å². The van der Waals surface area contributed by atoms with Crippen LogP contribution < -0.4 is 0 Å². The zero-order valence-electron chi connectivity index (χ0n) is 9.18. The second-order valence-electron chi connectivity index (χ2n) is 3.79. The fraction of sp³-hybridized carbons (Fsp3) is 0.167. The van der Waals surface area contributed by atoms with Crippen molar-refractivity contribution >= 4 is 43.2 Å². The minimum atomic E-state index is -1.30. The Hall–Kier alpha value is -0.300. The third-order valence-electron chi connectivity index (χ3n) is 2.46. The highest BCUT2D eigenvalue weighted by Crippen LogP contribution is 2.36. The number of aliphatic hydroxyl groups is 1. The summed E-state index contributed by atoms with van der Waals surface area (Å²) in [6.45, 7) is 1.85. The number of hydrogen-bond donors (Lipinski definition) is 1. The zero-order valence-corrected chi connectivity index (χ0v) is 13.2. The molecule has 0 saturated carbocycles. The standard InChI is InChI=1S/C12H8Br2F2OS/c1-5-2-9(18-12(5)14)11(17)10-7(15)3-6(13)4-8(10)16/h2-4,11,17H,1H3. The maximum Gasteiger partial charge on any atom is 0.133 e. The highest BCUT2D eigenvalue weighted by molar-refractivity contribution is 9.11. The smallest absolute Gasteiger partial charge is 0.133 e. The van der Waals surface area contributed by atoms with Crippen LogP contribution in [0.5, 0.6) is 0 Å². The van der Waals surface area contributed by atoms with Crippen molar-refractivity contribution in [3.8, 4) is 0 Å². The lowest BCUT2D eigenvalue weighted by atomic mass is 10.1. The quantitative estimate of drug-likeness (QED) is 0.760. The van der Waals surface area contributed by atoms with Crippen LogP contribution in [-0.4, -0.2) is 5.11 Å². The summed E-state index contributed by atoms with van der Waals surface area (Å²) in [5.74, 6) is -1.53. The van der Waals surface area contributed by atoms with Crippen molar-refractivity contribution in [2.24, 2.45) is 0 Å². The van der Waals surface area contributed by atoms with E-state index in [4.69, 9.17) is 0 Å². The van der Waals surface area contributed by atoms with E-state index in [-0.39, 0.29) is 5.56 Å². The van der Waals surface area contributed by atoms with E-state index in [9.17, 15) is 13.9 Å². The van der Waals surface area contributed by atoms with Gasteiger partial charge in [0.1, 0.15) is 17.7 Å². The lowest BCUT2D eigenvalue weighted by molar-refractivity contribution is 0.212. The zero-order chi connectivity index (χ0) is 13.4. The maximum atomic E-state index is 13.7. The lowest BCUT2D eigenvalue weighted by Crippen LogP contribution is -2.04. The van der Waals surface area contributed by atoms with Crippen LogP contribution in [0, 0.1) is 18.6 Å². The molecular weight excluding hydrogens is 390 g/mol. The van der Waals surface area contributed by atoms with Gasteiger partial charge in [-0.15, -0.1) is 11.3 Å². The summed E-state index contributed by atoms with van der Waals surface area (Å²) in [5.41, 5.74) is 0.596. The van der Waals surface area contributed by atoms with E-state index >= 15 is 0 Å². The van der Waals surface area contributed by atoms with Crippen LogP contribution in [0.3, 0.4) is 0 Å². The van der Waals surface area contributed by atoms with Gasteiger partial charge in [0.25, 0.3) is 0 Å². The summed E-state index contributed by atoms with van der Waals surface area (Å²) >= 11 is 7.58. The summed E-state index contributed by atoms with van der Waals surface area (Å²) in [6, 6.07) is 3.98. The van der Waals surface area contributed by atoms with E-state index in [1.165, 1.54) is 11.3 Å². The van der Waals surface area contributed by atoms with E-state index in [0.29, 0.717) is 9.35 Å². The van der Waals surface area contributed by atoms with Crippen LogP contribution in [0.15, 0.2) is 26.5 Å². The molecule has 0 saturated heterocycles. The lowest BCUT2D eigenvalue weighted by Gasteiger charge is -2.11. The molecule has 1 heterocycles. The van der Waals surface area contributed by atoms with Gasteiger partial charge in [-0.3, -0.25) is 0 Å². The van der Waals surface area contributed by atoms with Gasteiger partial charge >= 0.3 is 0 Å². The average Bonchev–Trinajstić information content (AvgIpc) is 2.57. The molecule has 1 nitrogen and oxygen atoms in total. The van der Waals surface area contributed by atoms with Gasteiger partial charge in [0.05, 0.1) is 9.35 Å². The minimum absolute atomic E-state index is 0.303. The summed E-state index contributed by atoms with van der Waals surface area (Å²) in [5, 5.41) is 10.1. The molecule has 1 aromatic carbocycles. The molecule has 0 radical (unpaired) electrons. The number of hydrogen-bond acceptors (Lipinski definition) is 2. The molecule has 1 N–H and O–H groups in total. The fourth-order valence-corrected chi connectivity index (χ4v) is 3.54. The molecule has 1 aromatic heterocycles. The predicted molar refractivity (Wildman–Crippen MR) is 74.9 cm³/mol. The molecule has 0 spiro atoms. The molecule has 1 unspecified atom stereocenters. The third-order valence-corrected chi connectivity index (χ3v) is 5.11. The van der Waals surface area contributed by atoms with Gasteiger partial charge in [0, 0.05) is 9.35 Å². The van der Waals surface area contributed by atoms with Crippen molar-refractivity contribution < 1.29 is 13.9 Å². The third kappa shape index (κ3) is 2.66. The highest BCUT2D eigenvalue weighted by atomic mass is 79.9. The van der Waals surface area contributed by atoms with Gasteiger partial charge in [-0.1, -0.05) is 15.9 Å². The van der Waals surface area contributed by atoms with Gasteiger partial charge in [0.15, 0.2) is 0 Å². The largest absolute Gasteiger partial charge is 0.383 e. The normalized spacial score (nSPS) is 12.8. The molecule has 0 aliphatic rings. The van der Waals surface area contributed by atoms with E-state index in [0.717, 1.165) is 21.5 Å². The summed E-state index contributed by atoms with van der Waals surface area (Å²) < 4.78 is 28.6. The SMILES string of the molecule is Cc1cc(C(O)c2c(F)cc(Br)cc2F)sc1Br. The van der Waals surface area contributed by atoms with Crippen LogP contribution in [0.4, 0.5) is 8.78 Å². The second-order valence-corrected chi connectivity index (χ2v) is 7.11. The summed E-state index contributed by atoms with van der Waals surface area (Å²) in [6.07, 6.45) is -1.30. The monoisotopic (exact) mass is 396 g/mol. The molecule has 2 aromatic rings. The topological polar surface area (TPSA) is 20.2 Å². The average molecular weight is 398 g/mol. The first-order chi connectivity index (χ1) is 8.40. The van der Waals surface area contributed by atoms with Crippen molar-refractivity contribution in [3.05, 3.63) is 54.1 Å². The molecule has 0 aliphatic carbocycles. The number of aliphatic hydroxyl groups excluding tert-OH is 1. The number of halogens is 4. The van der Waals surface area contributed by atoms with Crippen molar-refractivity contribution in [1.82, 2.24) is 0 Å². The van der Waals surface area contributed by atoms with Gasteiger partial charge in [-0.2, -0.15) is 0 Å². The fourth-order valence-electron chi connectivity index (χ4n) is 1.58. The summed E-state index contributed by atoms with van der Waals surface area (Å²) in [7, 11) is 0. The first-order valence-electron chi connectivity index (χ1n) is 4.98. The minimum Gasteiger partial charge on any atom is -0.383 e. The molecule has 18 heavy (non-hydrogen) atoms. The Bertz CT molecular complexity index is 555. The summed E-state index contributed by atoms with van der Waals surface area (Å²) in [4.78, 5) is 0.500. The Morgan fingerprint density at radius 1 is 1.17 bits per heavy atom. The van der Waals surface area contributed by atoms with Crippen LogP contribution in [0.1, 0.15) is 22.1 Å². The Balaban J connectivity index is 2.49. The number of aryl methyl sites for hydroxylation is 1. The van der Waals surface area contributed by atoms with E-state index < -0.39 is 17.7 Å². The Morgan fingerprint density at radius 3 is 2.17 bits per heavy atom. The van der Waals surface area contributed by atoms with E-state index in [1.54, 1.807) is 6.07 Å². The second kappa shape index (κ2) is 5.36. The van der Waals surface area contributed by atoms with Crippen molar-refractivity contribution in [3.63, 3.8) is 0 Å². The predicted octanol–water partition coefficient (Wildman–Crippen LogP) is 4.94. The highest BCUT2D eigenvalue weighted by Gasteiger charge is 2.22. The van der Waals surface area contributed by atoms with Crippen LogP contribution in [-0.2, 0) is 0 Å². The first-order valence-corrected chi connectivity index (χ1v) is 7.38. The van der Waals surface area contributed by atoms with Crippen molar-refractivity contribution in [1.29, 1.82) is 0 Å². The molecular formula is C12H8Br2F2OS. The molecule has 0 bridgehead atoms. The first kappa shape index (κ1) is 14.1. The van der Waals surface area contributed by atoms with Crippen molar-refractivity contribution in [2.45, 2.75) is 13.0 Å². The number of rotatable bonds is 2. The Morgan fingerprint density at radius 2 is 1.72 bits per heavy atom. The molecule has 2 rings (SSSR count). The molecule has 0 aliphatic heterocycles. The molecule has 6 heteroatoms. The Labute approximate surface area is 124 Å². The molecule has 96 valence electrons. The van der Waals surface area contributed by atoms with Gasteiger partial charge < -0.3 is 5.11 Å². The number of thiophene rings is 1.